The molecule has 1 aliphatic heterocycles. The van der Waals surface area contributed by atoms with E-state index in [0.717, 1.165) is 4.68 Å². The van der Waals surface area contributed by atoms with Crippen molar-refractivity contribution in [3.05, 3.63) is 103 Å². The third-order valence-electron chi connectivity index (χ3n) is 6.87. The van der Waals surface area contributed by atoms with E-state index < -0.39 is 59.1 Å². The third-order valence-corrected chi connectivity index (χ3v) is 6.87. The minimum atomic E-state index is -5.04. The summed E-state index contributed by atoms with van der Waals surface area (Å²) in [6.45, 7) is 1.39. The molecule has 0 spiro atoms. The van der Waals surface area contributed by atoms with Crippen LogP contribution in [-0.2, 0) is 34.9 Å². The lowest BCUT2D eigenvalue weighted by Crippen LogP contribution is -2.46. The van der Waals surface area contributed by atoms with Crippen LogP contribution in [0.15, 0.2) is 52.1 Å². The normalized spacial score (nSPS) is 18.9. The second-order valence-corrected chi connectivity index (χ2v) is 9.98. The molecule has 2 aromatic heterocycles. The molecule has 0 aliphatic carbocycles. The molecule has 0 saturated carbocycles. The van der Waals surface area contributed by atoms with Crippen LogP contribution in [0, 0.1) is 5.82 Å². The van der Waals surface area contributed by atoms with Crippen molar-refractivity contribution in [2.45, 2.75) is 50.8 Å². The molecule has 0 bridgehead atoms. The Hall–Kier alpha value is -4.29. The number of aromatic amines is 3. The van der Waals surface area contributed by atoms with Gasteiger partial charge in [0.25, 0.3) is 0 Å². The average Bonchev–Trinajstić information content (AvgIpc) is 3.52. The largest absolute Gasteiger partial charge is 0.416 e. The van der Waals surface area contributed by atoms with Crippen molar-refractivity contribution >= 4 is 0 Å². The number of nitrogens with zero attached hydrogens (tertiary/aromatic N) is 4. The molecular weight excluding hydrogens is 607 g/mol. The van der Waals surface area contributed by atoms with Gasteiger partial charge < -0.3 is 9.47 Å². The SMILES string of the molecule is C[C@@H](O[C@H]1OCCN(Cc2nn(Cc3n[nH]c(=O)[nH]3)c(=O)[nH]2)[C@H]1c1ccc(F)cc1)c1cc(C(F)(F)F)cc(C(F)(F)F)c1. The first-order valence-corrected chi connectivity index (χ1v) is 13.0. The highest BCUT2D eigenvalue weighted by Gasteiger charge is 2.39. The van der Waals surface area contributed by atoms with Crippen LogP contribution in [0.3, 0.4) is 0 Å². The van der Waals surface area contributed by atoms with Crippen molar-refractivity contribution in [1.82, 2.24) is 34.8 Å². The minimum Gasteiger partial charge on any atom is -0.349 e. The van der Waals surface area contributed by atoms with Gasteiger partial charge in [-0.3, -0.25) is 14.9 Å². The van der Waals surface area contributed by atoms with Gasteiger partial charge in [-0.05, 0) is 48.4 Å². The van der Waals surface area contributed by atoms with E-state index in [0.29, 0.717) is 17.7 Å². The first-order valence-electron chi connectivity index (χ1n) is 13.0. The highest BCUT2D eigenvalue weighted by Crippen LogP contribution is 2.39. The highest BCUT2D eigenvalue weighted by atomic mass is 19.4. The molecule has 3 N–H and O–H groups in total. The lowest BCUT2D eigenvalue weighted by atomic mass is 10.0. The molecule has 5 rings (SSSR count). The first-order chi connectivity index (χ1) is 20.7. The van der Waals surface area contributed by atoms with Crippen LogP contribution in [0.5, 0.6) is 0 Å². The Bertz CT molecular complexity index is 1680. The number of alkyl halides is 6. The number of hydrogen-bond acceptors (Lipinski definition) is 7. The topological polar surface area (TPSA) is 134 Å². The molecular formula is C26H24F7N7O4. The molecule has 1 saturated heterocycles. The summed E-state index contributed by atoms with van der Waals surface area (Å²) in [5, 5.41) is 10.1. The van der Waals surface area contributed by atoms with Crippen LogP contribution >= 0.6 is 0 Å². The van der Waals surface area contributed by atoms with Crippen molar-refractivity contribution < 1.29 is 40.2 Å². The van der Waals surface area contributed by atoms with E-state index in [1.54, 1.807) is 4.90 Å². The van der Waals surface area contributed by atoms with Crippen molar-refractivity contribution in [2.75, 3.05) is 13.2 Å². The fraction of sp³-hybridized carbons (Fsp3) is 0.385. The Kier molecular flexibility index (Phi) is 8.50. The van der Waals surface area contributed by atoms with Crippen LogP contribution < -0.4 is 11.4 Å². The molecule has 4 aromatic rings. The van der Waals surface area contributed by atoms with Gasteiger partial charge in [0, 0.05) is 6.54 Å². The van der Waals surface area contributed by atoms with Gasteiger partial charge in [0.1, 0.15) is 18.2 Å². The zero-order valence-electron chi connectivity index (χ0n) is 22.7. The zero-order chi connectivity index (χ0) is 31.8. The van der Waals surface area contributed by atoms with Crippen molar-refractivity contribution in [3.63, 3.8) is 0 Å². The smallest absolute Gasteiger partial charge is 0.349 e. The fourth-order valence-corrected chi connectivity index (χ4v) is 4.80. The maximum absolute atomic E-state index is 13.8. The summed E-state index contributed by atoms with van der Waals surface area (Å²) in [5.41, 5.74) is -4.08. The monoisotopic (exact) mass is 631 g/mol. The second kappa shape index (κ2) is 12.0. The van der Waals surface area contributed by atoms with E-state index in [1.165, 1.54) is 31.2 Å². The highest BCUT2D eigenvalue weighted by molar-refractivity contribution is 5.34. The van der Waals surface area contributed by atoms with E-state index in [2.05, 4.69) is 25.3 Å². The number of ether oxygens (including phenoxy) is 2. The lowest BCUT2D eigenvalue weighted by Gasteiger charge is -2.41. The molecule has 236 valence electrons. The quantitative estimate of drug-likeness (QED) is 0.252. The Labute approximate surface area is 242 Å². The number of halogens is 7. The summed E-state index contributed by atoms with van der Waals surface area (Å²) in [6.07, 6.45) is -12.6. The molecule has 44 heavy (non-hydrogen) atoms. The van der Waals surface area contributed by atoms with Crippen LogP contribution in [0.25, 0.3) is 0 Å². The Morgan fingerprint density at radius 2 is 1.64 bits per heavy atom. The number of nitrogens with one attached hydrogen (secondary N) is 3. The third kappa shape index (κ3) is 7.08. The molecule has 1 aliphatic rings. The molecule has 11 nitrogen and oxygen atoms in total. The Morgan fingerprint density at radius 1 is 0.977 bits per heavy atom. The van der Waals surface area contributed by atoms with Crippen molar-refractivity contribution in [3.8, 4) is 0 Å². The number of H-pyrrole nitrogens is 3. The molecule has 18 heteroatoms. The predicted molar refractivity (Wildman–Crippen MR) is 136 cm³/mol. The van der Waals surface area contributed by atoms with Gasteiger partial charge in [0.2, 0.25) is 0 Å². The molecule has 3 atom stereocenters. The van der Waals surface area contributed by atoms with Gasteiger partial charge in [-0.2, -0.15) is 36.5 Å². The van der Waals surface area contributed by atoms with Gasteiger partial charge >= 0.3 is 23.7 Å². The summed E-state index contributed by atoms with van der Waals surface area (Å²) in [7, 11) is 0. The number of morpholine rings is 1. The predicted octanol–water partition coefficient (Wildman–Crippen LogP) is 3.89. The minimum absolute atomic E-state index is 0.0131. The van der Waals surface area contributed by atoms with Crippen LogP contribution in [0.2, 0.25) is 0 Å². The fourth-order valence-electron chi connectivity index (χ4n) is 4.80. The van der Waals surface area contributed by atoms with Gasteiger partial charge in [-0.15, -0.1) is 0 Å². The van der Waals surface area contributed by atoms with Gasteiger partial charge in [-0.25, -0.2) is 23.8 Å². The molecule has 0 radical (unpaired) electrons. The maximum atomic E-state index is 13.8. The summed E-state index contributed by atoms with van der Waals surface area (Å²) in [6, 6.07) is 5.55. The second-order valence-electron chi connectivity index (χ2n) is 9.98. The molecule has 0 amide bonds. The van der Waals surface area contributed by atoms with E-state index in [4.69, 9.17) is 9.47 Å². The van der Waals surface area contributed by atoms with Crippen molar-refractivity contribution in [2.24, 2.45) is 0 Å². The van der Waals surface area contributed by atoms with E-state index in [9.17, 15) is 40.3 Å². The van der Waals surface area contributed by atoms with Gasteiger partial charge in [-0.1, -0.05) is 12.1 Å². The van der Waals surface area contributed by atoms with Gasteiger partial charge in [0.05, 0.1) is 36.4 Å². The summed E-state index contributed by atoms with van der Waals surface area (Å²) < 4.78 is 107. The van der Waals surface area contributed by atoms with Crippen molar-refractivity contribution in [1.29, 1.82) is 0 Å². The summed E-state index contributed by atoms with van der Waals surface area (Å²) in [5.74, 6) is -0.219. The van der Waals surface area contributed by atoms with Crippen LogP contribution in [0.4, 0.5) is 30.7 Å². The zero-order valence-corrected chi connectivity index (χ0v) is 22.7. The Balaban J connectivity index is 1.43. The lowest BCUT2D eigenvalue weighted by molar-refractivity contribution is -0.231. The summed E-state index contributed by atoms with van der Waals surface area (Å²) in [4.78, 5) is 30.5. The van der Waals surface area contributed by atoms with Crippen LogP contribution in [0.1, 0.15) is 53.0 Å². The van der Waals surface area contributed by atoms with E-state index in [-0.39, 0.29) is 49.5 Å². The molecule has 0 unspecified atom stereocenters. The standard InChI is InChI=1S/C26H24F7N7O4/c1-13(15-8-16(25(28,29)30)10-17(9-15)26(31,32)33)44-22-21(14-2-4-18(27)5-3-14)39(6-7-43-22)11-20-35-24(42)40(38-20)12-19-34-23(41)37-36-19/h2-5,8-10,13,21-22H,6-7,11-12H2,1H3,(H,35,38,42)(H2,34,36,37,41)/t13-,21+,22-/m1/s1. The number of rotatable bonds is 8. The van der Waals surface area contributed by atoms with Crippen LogP contribution in [-0.4, -0.2) is 54.3 Å². The summed E-state index contributed by atoms with van der Waals surface area (Å²) >= 11 is 0. The number of hydrogen-bond donors (Lipinski definition) is 3. The molecule has 1 fully saturated rings. The Morgan fingerprint density at radius 3 is 2.23 bits per heavy atom. The van der Waals surface area contributed by atoms with E-state index in [1.807, 2.05) is 0 Å². The average molecular weight is 632 g/mol. The van der Waals surface area contributed by atoms with Gasteiger partial charge in [0.15, 0.2) is 12.1 Å². The first kappa shape index (κ1) is 31.1. The number of benzene rings is 2. The number of aromatic nitrogens is 6. The maximum Gasteiger partial charge on any atom is 0.416 e. The van der Waals surface area contributed by atoms with E-state index >= 15 is 0 Å². The molecule has 3 heterocycles. The molecule has 2 aromatic carbocycles.